The predicted molar refractivity (Wildman–Crippen MR) is 88.2 cm³/mol. The van der Waals surface area contributed by atoms with E-state index >= 15 is 0 Å². The first kappa shape index (κ1) is 13.6. The maximum Gasteiger partial charge on any atom is 0.215 e. The molecule has 0 aliphatic heterocycles. The van der Waals surface area contributed by atoms with Crippen molar-refractivity contribution in [2.75, 3.05) is 6.61 Å². The van der Waals surface area contributed by atoms with E-state index in [0.29, 0.717) is 23.2 Å². The summed E-state index contributed by atoms with van der Waals surface area (Å²) in [6, 6.07) is 9.58. The molecule has 20 heavy (non-hydrogen) atoms. The van der Waals surface area contributed by atoms with Gasteiger partial charge in [-0.05, 0) is 47.7 Å². The number of aromatic amines is 1. The summed E-state index contributed by atoms with van der Waals surface area (Å²) in [4.78, 5) is 12.1. The van der Waals surface area contributed by atoms with Gasteiger partial charge in [0.15, 0.2) is 5.65 Å². The maximum absolute atomic E-state index is 6.14. The molecule has 0 fully saturated rings. The van der Waals surface area contributed by atoms with E-state index in [1.54, 1.807) is 0 Å². The van der Waals surface area contributed by atoms with Crippen LogP contribution >= 0.6 is 34.2 Å². The molecule has 6 heteroatoms. The number of pyridine rings is 1. The van der Waals surface area contributed by atoms with Crippen LogP contribution in [-0.4, -0.2) is 21.6 Å². The lowest BCUT2D eigenvalue weighted by Crippen LogP contribution is -1.93. The van der Waals surface area contributed by atoms with Gasteiger partial charge in [0, 0.05) is 15.2 Å². The number of hydrogen-bond acceptors (Lipinski definition) is 3. The van der Waals surface area contributed by atoms with Gasteiger partial charge in [-0.2, -0.15) is 4.98 Å². The molecule has 0 atom stereocenters. The molecule has 2 aromatic heterocycles. The summed E-state index contributed by atoms with van der Waals surface area (Å²) >= 11 is 8.34. The number of nitrogens with one attached hydrogen (secondary N) is 1. The Bertz CT molecular complexity index is 772. The van der Waals surface area contributed by atoms with Gasteiger partial charge < -0.3 is 9.72 Å². The minimum Gasteiger partial charge on any atom is -0.478 e. The molecule has 0 unspecified atom stereocenters. The molecule has 1 N–H and O–H groups in total. The monoisotopic (exact) mass is 399 g/mol. The number of benzene rings is 1. The molecule has 0 saturated heterocycles. The molecule has 0 spiro atoms. The Labute approximate surface area is 134 Å². The molecular weight excluding hydrogens is 389 g/mol. The third kappa shape index (κ3) is 2.60. The van der Waals surface area contributed by atoms with E-state index in [1.807, 2.05) is 37.3 Å². The average molecular weight is 400 g/mol. The molecule has 0 aliphatic carbocycles. The highest BCUT2D eigenvalue weighted by atomic mass is 127. The third-order valence-corrected chi connectivity index (χ3v) is 4.38. The Balaban J connectivity index is 2.05. The zero-order valence-electron chi connectivity index (χ0n) is 10.7. The molecule has 102 valence electrons. The van der Waals surface area contributed by atoms with Crippen molar-refractivity contribution >= 4 is 45.4 Å². The lowest BCUT2D eigenvalue weighted by molar-refractivity contribution is 0.328. The second kappa shape index (κ2) is 5.57. The lowest BCUT2D eigenvalue weighted by Gasteiger charge is -1.99. The molecule has 1 aromatic carbocycles. The Hall–Kier alpha value is -1.34. The topological polar surface area (TPSA) is 50.8 Å². The summed E-state index contributed by atoms with van der Waals surface area (Å²) in [5.74, 6) is 1.33. The fourth-order valence-electron chi connectivity index (χ4n) is 1.88. The Kier molecular flexibility index (Phi) is 3.80. The number of aromatic nitrogens is 3. The van der Waals surface area contributed by atoms with Crippen LogP contribution in [-0.2, 0) is 0 Å². The van der Waals surface area contributed by atoms with E-state index < -0.39 is 0 Å². The van der Waals surface area contributed by atoms with Gasteiger partial charge >= 0.3 is 0 Å². The van der Waals surface area contributed by atoms with Gasteiger partial charge in [-0.25, -0.2) is 4.98 Å². The van der Waals surface area contributed by atoms with Crippen molar-refractivity contribution in [3.8, 4) is 17.3 Å². The predicted octanol–water partition coefficient (Wildman–Crippen LogP) is 4.28. The van der Waals surface area contributed by atoms with Gasteiger partial charge in [0.1, 0.15) is 5.82 Å². The molecule has 0 radical (unpaired) electrons. The summed E-state index contributed by atoms with van der Waals surface area (Å²) in [6.45, 7) is 2.51. The summed E-state index contributed by atoms with van der Waals surface area (Å²) in [7, 11) is 0. The first-order chi connectivity index (χ1) is 9.67. The first-order valence-corrected chi connectivity index (χ1v) is 7.58. The maximum atomic E-state index is 6.14. The van der Waals surface area contributed by atoms with Crippen LogP contribution in [0, 0.1) is 3.57 Å². The van der Waals surface area contributed by atoms with Gasteiger partial charge in [-0.1, -0.05) is 17.7 Å². The Morgan fingerprint density at radius 3 is 2.85 bits per heavy atom. The minimum absolute atomic E-state index is 0.582. The van der Waals surface area contributed by atoms with Crippen molar-refractivity contribution < 1.29 is 4.74 Å². The van der Waals surface area contributed by atoms with Crippen molar-refractivity contribution in [2.24, 2.45) is 0 Å². The number of rotatable bonds is 3. The highest BCUT2D eigenvalue weighted by Crippen LogP contribution is 2.26. The van der Waals surface area contributed by atoms with E-state index in [9.17, 15) is 0 Å². The quantitative estimate of drug-likeness (QED) is 0.669. The van der Waals surface area contributed by atoms with E-state index in [0.717, 1.165) is 20.5 Å². The third-order valence-electron chi connectivity index (χ3n) is 2.81. The molecule has 0 saturated carbocycles. The van der Waals surface area contributed by atoms with E-state index in [-0.39, 0.29) is 0 Å². The molecule has 3 aromatic rings. The average Bonchev–Trinajstić information content (AvgIpc) is 2.85. The highest BCUT2D eigenvalue weighted by Gasteiger charge is 2.09. The van der Waals surface area contributed by atoms with Crippen LogP contribution in [0.5, 0.6) is 5.88 Å². The fraction of sp³-hybridized carbons (Fsp3) is 0.143. The molecule has 2 heterocycles. The van der Waals surface area contributed by atoms with Crippen LogP contribution in [0.4, 0.5) is 0 Å². The van der Waals surface area contributed by atoms with Crippen LogP contribution < -0.4 is 4.74 Å². The van der Waals surface area contributed by atoms with Crippen molar-refractivity contribution in [3.05, 3.63) is 38.9 Å². The molecule has 0 amide bonds. The number of ether oxygens (including phenoxy) is 1. The summed E-state index contributed by atoms with van der Waals surface area (Å²) in [6.07, 6.45) is 0. The summed E-state index contributed by atoms with van der Waals surface area (Å²) in [5.41, 5.74) is 2.45. The molecule has 0 aliphatic rings. The SMILES string of the molecule is CCOc1ccc2[nH]c(-c3ccc(I)c(Cl)c3)nc2n1. The largest absolute Gasteiger partial charge is 0.478 e. The molecule has 0 bridgehead atoms. The number of imidazole rings is 1. The van der Waals surface area contributed by atoms with Crippen molar-refractivity contribution in [2.45, 2.75) is 6.92 Å². The molecule has 3 rings (SSSR count). The zero-order chi connectivity index (χ0) is 14.1. The van der Waals surface area contributed by atoms with Crippen molar-refractivity contribution in [3.63, 3.8) is 0 Å². The van der Waals surface area contributed by atoms with Gasteiger partial charge in [0.25, 0.3) is 0 Å². The van der Waals surface area contributed by atoms with Crippen LogP contribution in [0.2, 0.25) is 5.02 Å². The second-order valence-electron chi connectivity index (χ2n) is 4.17. The minimum atomic E-state index is 0.582. The number of fused-ring (bicyclic) bond motifs is 1. The van der Waals surface area contributed by atoms with Crippen LogP contribution in [0.25, 0.3) is 22.6 Å². The van der Waals surface area contributed by atoms with Gasteiger partial charge in [0.05, 0.1) is 17.1 Å². The van der Waals surface area contributed by atoms with Crippen LogP contribution in [0.3, 0.4) is 0 Å². The van der Waals surface area contributed by atoms with E-state index in [4.69, 9.17) is 16.3 Å². The van der Waals surface area contributed by atoms with Crippen LogP contribution in [0.1, 0.15) is 6.92 Å². The highest BCUT2D eigenvalue weighted by molar-refractivity contribution is 14.1. The Morgan fingerprint density at radius 1 is 1.25 bits per heavy atom. The lowest BCUT2D eigenvalue weighted by atomic mass is 10.2. The van der Waals surface area contributed by atoms with Gasteiger partial charge in [-0.15, -0.1) is 0 Å². The molecule has 4 nitrogen and oxygen atoms in total. The number of H-pyrrole nitrogens is 1. The molecular formula is C14H11ClIN3O. The van der Waals surface area contributed by atoms with Crippen molar-refractivity contribution in [1.29, 1.82) is 0 Å². The smallest absolute Gasteiger partial charge is 0.215 e. The standard InChI is InChI=1S/C14H11ClIN3O/c1-2-20-12-6-5-11-14(18-12)19-13(17-11)8-3-4-10(16)9(15)7-8/h3-7H,2H2,1H3,(H,17,18,19). The van der Waals surface area contributed by atoms with Crippen molar-refractivity contribution in [1.82, 2.24) is 15.0 Å². The zero-order valence-corrected chi connectivity index (χ0v) is 13.6. The summed E-state index contributed by atoms with van der Waals surface area (Å²) < 4.78 is 6.39. The van der Waals surface area contributed by atoms with Gasteiger partial charge in [-0.3, -0.25) is 0 Å². The first-order valence-electron chi connectivity index (χ1n) is 6.12. The van der Waals surface area contributed by atoms with E-state index in [2.05, 4.69) is 37.5 Å². The van der Waals surface area contributed by atoms with E-state index in [1.165, 1.54) is 0 Å². The fourth-order valence-corrected chi connectivity index (χ4v) is 2.40. The van der Waals surface area contributed by atoms with Crippen LogP contribution in [0.15, 0.2) is 30.3 Å². The number of nitrogens with zero attached hydrogens (tertiary/aromatic N) is 2. The second-order valence-corrected chi connectivity index (χ2v) is 5.74. The number of hydrogen-bond donors (Lipinski definition) is 1. The Morgan fingerprint density at radius 2 is 2.10 bits per heavy atom. The normalized spacial score (nSPS) is 10.9. The number of halogens is 2. The summed E-state index contributed by atoms with van der Waals surface area (Å²) in [5, 5.41) is 0.714. The van der Waals surface area contributed by atoms with Gasteiger partial charge in [0.2, 0.25) is 5.88 Å².